The van der Waals surface area contributed by atoms with E-state index in [0.29, 0.717) is 0 Å². The van der Waals surface area contributed by atoms with Crippen molar-refractivity contribution < 1.29 is 22.2 Å². The van der Waals surface area contributed by atoms with Crippen molar-refractivity contribution in [2.45, 2.75) is 110 Å². The average Bonchev–Trinajstić information content (AvgIpc) is 2.52. The SMILES string of the molecule is CCCCCCCCCCCCCCCCCCOOS(=O)(=O)O. The van der Waals surface area contributed by atoms with E-state index in [1.807, 2.05) is 0 Å². The molecule has 0 saturated heterocycles. The maximum atomic E-state index is 10.2. The summed E-state index contributed by atoms with van der Waals surface area (Å²) in [6.45, 7) is 2.45. The van der Waals surface area contributed by atoms with Crippen LogP contribution in [0.2, 0.25) is 0 Å². The van der Waals surface area contributed by atoms with E-state index in [0.717, 1.165) is 19.3 Å². The van der Waals surface area contributed by atoms with Gasteiger partial charge in [-0.1, -0.05) is 108 Å². The summed E-state index contributed by atoms with van der Waals surface area (Å²) in [5.74, 6) is 0. The summed E-state index contributed by atoms with van der Waals surface area (Å²) < 4.78 is 32.5. The summed E-state index contributed by atoms with van der Waals surface area (Å²) >= 11 is 0. The normalized spacial score (nSPS) is 11.9. The molecule has 0 rings (SSSR count). The van der Waals surface area contributed by atoms with E-state index in [2.05, 4.69) is 16.1 Å². The van der Waals surface area contributed by atoms with Gasteiger partial charge in [-0.05, 0) is 6.42 Å². The molecule has 0 aromatic rings. The Hall–Kier alpha value is -0.170. The lowest BCUT2D eigenvalue weighted by Gasteiger charge is -2.03. The first kappa shape index (κ1) is 23.8. The molecule has 1 N–H and O–H groups in total. The van der Waals surface area contributed by atoms with Gasteiger partial charge in [0.2, 0.25) is 0 Å². The molecule has 0 aromatic heterocycles. The molecule has 24 heavy (non-hydrogen) atoms. The van der Waals surface area contributed by atoms with Gasteiger partial charge in [-0.15, -0.1) is 0 Å². The Morgan fingerprint density at radius 2 is 0.958 bits per heavy atom. The predicted molar refractivity (Wildman–Crippen MR) is 98.1 cm³/mol. The van der Waals surface area contributed by atoms with Crippen molar-refractivity contribution in [2.75, 3.05) is 6.61 Å². The minimum Gasteiger partial charge on any atom is -0.262 e. The summed E-state index contributed by atoms with van der Waals surface area (Å²) in [5.41, 5.74) is 0. The van der Waals surface area contributed by atoms with Crippen LogP contribution in [0.3, 0.4) is 0 Å². The van der Waals surface area contributed by atoms with Crippen LogP contribution >= 0.6 is 0 Å². The molecule has 146 valence electrons. The standard InChI is InChI=1S/C18H38O5S/c1-2-3-4-5-6-7-8-9-10-11-12-13-14-15-16-17-18-22-23-24(19,20)21/h2-18H2,1H3,(H,19,20,21). The van der Waals surface area contributed by atoms with Crippen LogP contribution in [0, 0.1) is 0 Å². The second kappa shape index (κ2) is 17.6. The van der Waals surface area contributed by atoms with Crippen LogP contribution in [0.5, 0.6) is 0 Å². The first-order valence-electron chi connectivity index (χ1n) is 9.85. The molecule has 0 aromatic carbocycles. The van der Waals surface area contributed by atoms with Gasteiger partial charge in [-0.25, -0.2) is 4.89 Å². The van der Waals surface area contributed by atoms with Crippen LogP contribution in [0.1, 0.15) is 110 Å². The number of rotatable bonds is 19. The van der Waals surface area contributed by atoms with Crippen LogP contribution in [0.4, 0.5) is 0 Å². The van der Waals surface area contributed by atoms with E-state index in [4.69, 9.17) is 4.55 Å². The molecule has 0 fully saturated rings. The van der Waals surface area contributed by atoms with Crippen LogP contribution in [0.15, 0.2) is 0 Å². The van der Waals surface area contributed by atoms with Gasteiger partial charge in [-0.2, -0.15) is 8.42 Å². The average molecular weight is 367 g/mol. The molecule has 0 unspecified atom stereocenters. The fourth-order valence-corrected chi connectivity index (χ4v) is 2.99. The third-order valence-corrected chi connectivity index (χ3v) is 4.48. The Balaban J connectivity index is 3.03. The molecule has 6 heteroatoms. The van der Waals surface area contributed by atoms with Crippen molar-refractivity contribution >= 4 is 10.4 Å². The maximum absolute atomic E-state index is 10.2. The van der Waals surface area contributed by atoms with Gasteiger partial charge < -0.3 is 0 Å². The van der Waals surface area contributed by atoms with E-state index in [1.165, 1.54) is 83.5 Å². The van der Waals surface area contributed by atoms with Crippen LogP contribution in [-0.4, -0.2) is 19.6 Å². The zero-order valence-corrected chi connectivity index (χ0v) is 16.3. The monoisotopic (exact) mass is 366 g/mol. The zero-order valence-electron chi connectivity index (χ0n) is 15.5. The van der Waals surface area contributed by atoms with E-state index < -0.39 is 10.4 Å². The van der Waals surface area contributed by atoms with Crippen molar-refractivity contribution in [3.8, 4) is 0 Å². The number of hydrogen-bond acceptors (Lipinski definition) is 4. The van der Waals surface area contributed by atoms with Crippen molar-refractivity contribution in [1.82, 2.24) is 0 Å². The molecule has 0 radical (unpaired) electrons. The first-order chi connectivity index (χ1) is 11.6. The third-order valence-electron chi connectivity index (χ3n) is 4.22. The number of hydrogen-bond donors (Lipinski definition) is 1. The Bertz CT molecular complexity index is 343. The highest BCUT2D eigenvalue weighted by Gasteiger charge is 2.04. The molecule has 0 aliphatic carbocycles. The van der Waals surface area contributed by atoms with Gasteiger partial charge in [-0.3, -0.25) is 4.55 Å². The fraction of sp³-hybridized carbons (Fsp3) is 1.00. The van der Waals surface area contributed by atoms with Crippen molar-refractivity contribution in [3.63, 3.8) is 0 Å². The van der Waals surface area contributed by atoms with E-state index in [1.54, 1.807) is 0 Å². The lowest BCUT2D eigenvalue weighted by atomic mass is 10.0. The summed E-state index contributed by atoms with van der Waals surface area (Å²) in [7, 11) is -4.47. The smallest absolute Gasteiger partial charge is 0.262 e. The van der Waals surface area contributed by atoms with Crippen LogP contribution < -0.4 is 0 Å². The van der Waals surface area contributed by atoms with E-state index >= 15 is 0 Å². The van der Waals surface area contributed by atoms with Crippen molar-refractivity contribution in [3.05, 3.63) is 0 Å². The van der Waals surface area contributed by atoms with Gasteiger partial charge in [0.25, 0.3) is 0 Å². The van der Waals surface area contributed by atoms with Gasteiger partial charge in [0, 0.05) is 0 Å². The molecule has 0 aliphatic rings. The summed E-state index contributed by atoms with van der Waals surface area (Å²) in [6.07, 6.45) is 20.6. The second-order valence-corrected chi connectivity index (χ2v) is 7.61. The molecule has 0 heterocycles. The Kier molecular flexibility index (Phi) is 17.5. The molecule has 0 bridgehead atoms. The van der Waals surface area contributed by atoms with Gasteiger partial charge in [0.1, 0.15) is 0 Å². The molecular formula is C18H38O5S. The predicted octanol–water partition coefficient (Wildman–Crippen LogP) is 6.00. The first-order valence-corrected chi connectivity index (χ1v) is 11.2. The summed E-state index contributed by atoms with van der Waals surface area (Å²) in [6, 6.07) is 0. The lowest BCUT2D eigenvalue weighted by molar-refractivity contribution is -0.208. The molecule has 0 atom stereocenters. The molecule has 0 saturated carbocycles. The second-order valence-electron chi connectivity index (χ2n) is 6.62. The zero-order chi connectivity index (χ0) is 17.9. The van der Waals surface area contributed by atoms with Crippen LogP contribution in [0.25, 0.3) is 0 Å². The minimum absolute atomic E-state index is 0.193. The number of unbranched alkanes of at least 4 members (excludes halogenated alkanes) is 15. The Morgan fingerprint density at radius 1 is 0.625 bits per heavy atom. The highest BCUT2D eigenvalue weighted by Crippen LogP contribution is 2.13. The fourth-order valence-electron chi connectivity index (χ4n) is 2.80. The Morgan fingerprint density at radius 3 is 1.29 bits per heavy atom. The molecule has 0 aliphatic heterocycles. The van der Waals surface area contributed by atoms with Crippen molar-refractivity contribution in [2.24, 2.45) is 0 Å². The largest absolute Gasteiger partial charge is 0.424 e. The van der Waals surface area contributed by atoms with Gasteiger partial charge >= 0.3 is 10.4 Å². The van der Waals surface area contributed by atoms with E-state index in [-0.39, 0.29) is 6.61 Å². The van der Waals surface area contributed by atoms with Gasteiger partial charge in [0.15, 0.2) is 0 Å². The summed E-state index contributed by atoms with van der Waals surface area (Å²) in [5, 5.41) is 0. The molecule has 0 spiro atoms. The molecule has 5 nitrogen and oxygen atoms in total. The highest BCUT2D eigenvalue weighted by molar-refractivity contribution is 7.80. The third kappa shape index (κ3) is 21.8. The lowest BCUT2D eigenvalue weighted by Crippen LogP contribution is -2.05. The van der Waals surface area contributed by atoms with E-state index in [9.17, 15) is 8.42 Å². The quantitative estimate of drug-likeness (QED) is 0.131. The summed E-state index contributed by atoms with van der Waals surface area (Å²) in [4.78, 5) is 4.38. The Labute approximate surface area is 149 Å². The van der Waals surface area contributed by atoms with Crippen LogP contribution in [-0.2, 0) is 19.6 Å². The highest BCUT2D eigenvalue weighted by atomic mass is 32.3. The topological polar surface area (TPSA) is 72.8 Å². The van der Waals surface area contributed by atoms with Crippen molar-refractivity contribution in [1.29, 1.82) is 0 Å². The maximum Gasteiger partial charge on any atom is 0.424 e. The van der Waals surface area contributed by atoms with Gasteiger partial charge in [0.05, 0.1) is 6.61 Å². The minimum atomic E-state index is -4.47. The molecular weight excluding hydrogens is 328 g/mol. The molecule has 0 amide bonds.